The molecule has 1 nitrogen and oxygen atoms in total. The number of aliphatic hydroxyl groups is 1. The molecule has 0 radical (unpaired) electrons. The quantitative estimate of drug-likeness (QED) is 0.683. The van der Waals surface area contributed by atoms with Gasteiger partial charge in [0.15, 0.2) is 0 Å². The minimum atomic E-state index is -0.756. The van der Waals surface area contributed by atoms with Gasteiger partial charge in [-0.3, -0.25) is 0 Å². The zero-order valence-corrected chi connectivity index (χ0v) is 10.1. The largest absolute Gasteiger partial charge is 0.378 e. The van der Waals surface area contributed by atoms with Crippen molar-refractivity contribution in [1.29, 1.82) is 0 Å². The summed E-state index contributed by atoms with van der Waals surface area (Å²) in [6.07, 6.45) is 3.74. The lowest BCUT2D eigenvalue weighted by atomic mass is 10.0. The van der Waals surface area contributed by atoms with E-state index in [1.165, 1.54) is 0 Å². The number of halogens is 1. The molecule has 1 aromatic carbocycles. The SMILES string of the molecule is Cc1cc(C#CC2(O)CCCC2)ccc1Cl. The summed E-state index contributed by atoms with van der Waals surface area (Å²) in [5, 5.41) is 10.8. The van der Waals surface area contributed by atoms with Gasteiger partial charge < -0.3 is 5.11 Å². The molecule has 0 aliphatic heterocycles. The summed E-state index contributed by atoms with van der Waals surface area (Å²) < 4.78 is 0. The molecule has 0 unspecified atom stereocenters. The Kier molecular flexibility index (Phi) is 3.23. The first kappa shape index (κ1) is 11.5. The van der Waals surface area contributed by atoms with E-state index in [1.807, 2.05) is 25.1 Å². The normalized spacial score (nSPS) is 17.9. The van der Waals surface area contributed by atoms with Crippen molar-refractivity contribution in [2.75, 3.05) is 0 Å². The highest BCUT2D eigenvalue weighted by atomic mass is 35.5. The van der Waals surface area contributed by atoms with E-state index >= 15 is 0 Å². The molecule has 0 amide bonds. The average molecular weight is 235 g/mol. The molecule has 1 aliphatic carbocycles. The Labute approximate surface area is 101 Å². The van der Waals surface area contributed by atoms with Crippen molar-refractivity contribution in [2.45, 2.75) is 38.2 Å². The molecule has 0 bridgehead atoms. The molecule has 0 saturated heterocycles. The molecule has 0 atom stereocenters. The number of hydrogen-bond donors (Lipinski definition) is 1. The van der Waals surface area contributed by atoms with Crippen LogP contribution in [-0.2, 0) is 0 Å². The molecular weight excluding hydrogens is 220 g/mol. The first-order valence-corrected chi connectivity index (χ1v) is 5.99. The third-order valence-corrected chi connectivity index (χ3v) is 3.45. The van der Waals surface area contributed by atoms with Crippen LogP contribution in [0.1, 0.15) is 36.8 Å². The second-order valence-electron chi connectivity index (χ2n) is 4.45. The van der Waals surface area contributed by atoms with Crippen LogP contribution in [0.25, 0.3) is 0 Å². The lowest BCUT2D eigenvalue weighted by Gasteiger charge is -2.12. The van der Waals surface area contributed by atoms with E-state index in [0.29, 0.717) is 0 Å². The number of benzene rings is 1. The molecule has 84 valence electrons. The Balaban J connectivity index is 2.20. The highest BCUT2D eigenvalue weighted by molar-refractivity contribution is 6.31. The molecule has 0 heterocycles. The van der Waals surface area contributed by atoms with Gasteiger partial charge in [-0.2, -0.15) is 0 Å². The van der Waals surface area contributed by atoms with E-state index in [0.717, 1.165) is 41.8 Å². The summed E-state index contributed by atoms with van der Waals surface area (Å²) in [4.78, 5) is 0. The van der Waals surface area contributed by atoms with Crippen molar-refractivity contribution >= 4 is 11.6 Å². The molecular formula is C14H15ClO. The first-order valence-electron chi connectivity index (χ1n) is 5.61. The molecule has 1 aliphatic rings. The zero-order valence-electron chi connectivity index (χ0n) is 9.39. The summed E-state index contributed by atoms with van der Waals surface area (Å²) in [6.45, 7) is 1.96. The lowest BCUT2D eigenvalue weighted by Crippen LogP contribution is -2.20. The monoisotopic (exact) mass is 234 g/mol. The predicted molar refractivity (Wildman–Crippen MR) is 66.5 cm³/mol. The van der Waals surface area contributed by atoms with Crippen LogP contribution in [0.4, 0.5) is 0 Å². The fourth-order valence-corrected chi connectivity index (χ4v) is 2.11. The van der Waals surface area contributed by atoms with Gasteiger partial charge in [0.05, 0.1) is 0 Å². The van der Waals surface area contributed by atoms with Crippen LogP contribution in [-0.4, -0.2) is 10.7 Å². The molecule has 16 heavy (non-hydrogen) atoms. The molecule has 2 rings (SSSR count). The highest BCUT2D eigenvalue weighted by Gasteiger charge is 2.28. The van der Waals surface area contributed by atoms with Gasteiger partial charge in [0, 0.05) is 10.6 Å². The third kappa shape index (κ3) is 2.58. The topological polar surface area (TPSA) is 20.2 Å². The van der Waals surface area contributed by atoms with Gasteiger partial charge >= 0.3 is 0 Å². The van der Waals surface area contributed by atoms with Gasteiger partial charge in [0.25, 0.3) is 0 Å². The summed E-state index contributed by atoms with van der Waals surface area (Å²) in [5.41, 5.74) is 1.18. The molecule has 2 heteroatoms. The Morgan fingerprint density at radius 2 is 2.00 bits per heavy atom. The summed E-state index contributed by atoms with van der Waals surface area (Å²) >= 11 is 5.94. The minimum Gasteiger partial charge on any atom is -0.378 e. The van der Waals surface area contributed by atoms with Gasteiger partial charge in [0.1, 0.15) is 5.60 Å². The second kappa shape index (κ2) is 4.49. The van der Waals surface area contributed by atoms with Crippen LogP contribution in [0.5, 0.6) is 0 Å². The van der Waals surface area contributed by atoms with Crippen molar-refractivity contribution in [1.82, 2.24) is 0 Å². The molecule has 1 saturated carbocycles. The lowest BCUT2D eigenvalue weighted by molar-refractivity contribution is 0.110. The zero-order chi connectivity index (χ0) is 11.6. The average Bonchev–Trinajstić information content (AvgIpc) is 2.68. The number of hydrogen-bond acceptors (Lipinski definition) is 1. The number of rotatable bonds is 0. The molecule has 1 fully saturated rings. The second-order valence-corrected chi connectivity index (χ2v) is 4.86. The van der Waals surface area contributed by atoms with Crippen molar-refractivity contribution in [2.24, 2.45) is 0 Å². The van der Waals surface area contributed by atoms with Crippen LogP contribution in [0.15, 0.2) is 18.2 Å². The van der Waals surface area contributed by atoms with Crippen LogP contribution in [0, 0.1) is 18.8 Å². The van der Waals surface area contributed by atoms with Gasteiger partial charge in [0.2, 0.25) is 0 Å². The van der Waals surface area contributed by atoms with Crippen molar-refractivity contribution in [3.63, 3.8) is 0 Å². The van der Waals surface area contributed by atoms with E-state index in [-0.39, 0.29) is 0 Å². The maximum Gasteiger partial charge on any atom is 0.125 e. The van der Waals surface area contributed by atoms with E-state index in [9.17, 15) is 5.11 Å². The predicted octanol–water partition coefficient (Wildman–Crippen LogP) is 3.31. The van der Waals surface area contributed by atoms with Crippen LogP contribution in [0.2, 0.25) is 5.02 Å². The van der Waals surface area contributed by atoms with Crippen LogP contribution >= 0.6 is 11.6 Å². The van der Waals surface area contributed by atoms with Crippen molar-refractivity contribution < 1.29 is 5.11 Å². The first-order chi connectivity index (χ1) is 7.59. The molecule has 0 aromatic heterocycles. The Morgan fingerprint density at radius 3 is 2.62 bits per heavy atom. The highest BCUT2D eigenvalue weighted by Crippen LogP contribution is 2.28. The Hall–Kier alpha value is -0.970. The number of aryl methyl sites for hydroxylation is 1. The van der Waals surface area contributed by atoms with Crippen LogP contribution in [0.3, 0.4) is 0 Å². The van der Waals surface area contributed by atoms with Gasteiger partial charge in [-0.25, -0.2) is 0 Å². The molecule has 1 N–H and O–H groups in total. The van der Waals surface area contributed by atoms with Gasteiger partial charge in [-0.1, -0.05) is 23.4 Å². The fraction of sp³-hybridized carbons (Fsp3) is 0.429. The molecule has 1 aromatic rings. The third-order valence-electron chi connectivity index (χ3n) is 3.03. The van der Waals surface area contributed by atoms with Crippen molar-refractivity contribution in [3.8, 4) is 11.8 Å². The maximum atomic E-state index is 10.1. The Morgan fingerprint density at radius 1 is 1.31 bits per heavy atom. The van der Waals surface area contributed by atoms with Crippen LogP contribution < -0.4 is 0 Å². The van der Waals surface area contributed by atoms with E-state index < -0.39 is 5.60 Å². The summed E-state index contributed by atoms with van der Waals surface area (Å²) in [5.74, 6) is 6.02. The summed E-state index contributed by atoms with van der Waals surface area (Å²) in [6, 6.07) is 5.69. The molecule has 0 spiro atoms. The van der Waals surface area contributed by atoms with Gasteiger partial charge in [-0.15, -0.1) is 0 Å². The summed E-state index contributed by atoms with van der Waals surface area (Å²) in [7, 11) is 0. The van der Waals surface area contributed by atoms with Crippen molar-refractivity contribution in [3.05, 3.63) is 34.3 Å². The standard InChI is InChI=1S/C14H15ClO/c1-11-10-12(4-5-13(11)15)6-9-14(16)7-2-3-8-14/h4-5,10,16H,2-3,7-8H2,1H3. The minimum absolute atomic E-state index is 0.755. The smallest absolute Gasteiger partial charge is 0.125 e. The fourth-order valence-electron chi connectivity index (χ4n) is 2.00. The maximum absolute atomic E-state index is 10.1. The van der Waals surface area contributed by atoms with E-state index in [1.54, 1.807) is 0 Å². The van der Waals surface area contributed by atoms with Gasteiger partial charge in [-0.05, 0) is 56.4 Å². The van der Waals surface area contributed by atoms with E-state index in [4.69, 9.17) is 11.6 Å². The van der Waals surface area contributed by atoms with E-state index in [2.05, 4.69) is 11.8 Å². The Bertz CT molecular complexity index is 448.